The largest absolute Gasteiger partial charge is 0.357 e. The second-order valence-electron chi connectivity index (χ2n) is 6.13. The normalized spacial score (nSPS) is 18.2. The van der Waals surface area contributed by atoms with E-state index in [1.165, 1.54) is 14.0 Å². The number of carbonyl (C=O) groups is 3. The number of nitrogens with two attached hydrogens (primary N) is 1. The topological polar surface area (TPSA) is 125 Å². The lowest BCUT2D eigenvalue weighted by atomic mass is 10.00. The van der Waals surface area contributed by atoms with Gasteiger partial charge in [-0.15, -0.1) is 0 Å². The van der Waals surface area contributed by atoms with Gasteiger partial charge in [0.1, 0.15) is 11.1 Å². The van der Waals surface area contributed by atoms with Gasteiger partial charge < -0.3 is 27.0 Å². The van der Waals surface area contributed by atoms with Crippen LogP contribution < -0.4 is 27.0 Å². The molecule has 0 heterocycles. The summed E-state index contributed by atoms with van der Waals surface area (Å²) in [5.74, 6) is -1.60. The van der Waals surface area contributed by atoms with Crippen LogP contribution in [-0.4, -0.2) is 65.3 Å². The molecule has 0 aromatic rings. The molecule has 11 heteroatoms. The first-order valence-corrected chi connectivity index (χ1v) is 9.62. The summed E-state index contributed by atoms with van der Waals surface area (Å²) in [6.45, 7) is 5.53. The van der Waals surface area contributed by atoms with Crippen molar-refractivity contribution in [2.24, 2.45) is 5.73 Å². The number of amides is 3. The zero-order valence-corrected chi connectivity index (χ0v) is 17.7. The van der Waals surface area contributed by atoms with Crippen molar-refractivity contribution in [3.05, 3.63) is 0 Å². The lowest BCUT2D eigenvalue weighted by molar-refractivity contribution is -0.138. The van der Waals surface area contributed by atoms with Gasteiger partial charge in [-0.25, -0.2) is 0 Å². The summed E-state index contributed by atoms with van der Waals surface area (Å²) >= 11 is 12.4. The summed E-state index contributed by atoms with van der Waals surface area (Å²) in [7, 11) is 1.45. The average molecular weight is 412 g/mol. The summed E-state index contributed by atoms with van der Waals surface area (Å²) in [4.78, 5) is 37.2. The maximum atomic E-state index is 12.6. The zero-order valence-electron chi connectivity index (χ0n) is 15.0. The molecule has 6 N–H and O–H groups in total. The van der Waals surface area contributed by atoms with Crippen molar-refractivity contribution in [2.75, 3.05) is 30.9 Å². The van der Waals surface area contributed by atoms with Gasteiger partial charge in [-0.05, 0) is 20.4 Å². The monoisotopic (exact) mass is 411 g/mol. The van der Waals surface area contributed by atoms with E-state index in [1.54, 1.807) is 6.92 Å². The van der Waals surface area contributed by atoms with E-state index in [2.05, 4.69) is 59.2 Å². The standard InChI is InChI=1S/C14H29N5O3S3/c1-5-17-12(2,6-23)10(21)19-14(15,8-25)11(22)18-13(3,7-24)9(20)16-4/h17,23-25H,5-8,15H2,1-4H3,(H,16,20)(H,18,22)(H,19,21)/t12-,13-,14?/m1/s1. The summed E-state index contributed by atoms with van der Waals surface area (Å²) in [6, 6.07) is 0. The Hall–Kier alpha value is -0.620. The molecule has 3 atom stereocenters. The molecule has 0 aromatic heterocycles. The van der Waals surface area contributed by atoms with Crippen LogP contribution >= 0.6 is 37.9 Å². The van der Waals surface area contributed by atoms with Crippen LogP contribution in [0.2, 0.25) is 0 Å². The van der Waals surface area contributed by atoms with Gasteiger partial charge >= 0.3 is 0 Å². The van der Waals surface area contributed by atoms with Gasteiger partial charge in [0.2, 0.25) is 11.8 Å². The SMILES string of the molecule is CCN[C@](C)(CS)C(=O)NC(N)(CS)C(=O)N[C@](C)(CS)C(=O)NC. The minimum absolute atomic E-state index is 0.0424. The first kappa shape index (κ1) is 24.4. The summed E-state index contributed by atoms with van der Waals surface area (Å²) in [6.07, 6.45) is 0. The van der Waals surface area contributed by atoms with Gasteiger partial charge in [0.25, 0.3) is 5.91 Å². The second kappa shape index (κ2) is 9.91. The van der Waals surface area contributed by atoms with Crippen LogP contribution in [0.25, 0.3) is 0 Å². The first-order chi connectivity index (χ1) is 11.5. The fourth-order valence-corrected chi connectivity index (χ4v) is 2.61. The van der Waals surface area contributed by atoms with Gasteiger partial charge in [-0.3, -0.25) is 14.4 Å². The Labute approximate surface area is 165 Å². The molecule has 0 saturated heterocycles. The van der Waals surface area contributed by atoms with Crippen molar-refractivity contribution < 1.29 is 14.4 Å². The molecule has 0 fully saturated rings. The molecule has 3 amide bonds. The predicted molar refractivity (Wildman–Crippen MR) is 109 cm³/mol. The van der Waals surface area contributed by atoms with Crippen LogP contribution in [0, 0.1) is 0 Å². The molecule has 25 heavy (non-hydrogen) atoms. The van der Waals surface area contributed by atoms with E-state index in [0.717, 1.165) is 0 Å². The van der Waals surface area contributed by atoms with E-state index >= 15 is 0 Å². The third-order valence-corrected chi connectivity index (χ3v) is 5.57. The van der Waals surface area contributed by atoms with Gasteiger partial charge in [0.15, 0.2) is 5.66 Å². The molecular weight excluding hydrogens is 382 g/mol. The van der Waals surface area contributed by atoms with Crippen molar-refractivity contribution in [1.29, 1.82) is 0 Å². The van der Waals surface area contributed by atoms with Crippen molar-refractivity contribution in [3.63, 3.8) is 0 Å². The van der Waals surface area contributed by atoms with Crippen LogP contribution in [0.4, 0.5) is 0 Å². The van der Waals surface area contributed by atoms with Crippen molar-refractivity contribution in [3.8, 4) is 0 Å². The number of likely N-dealkylation sites (N-methyl/N-ethyl adjacent to an activating group) is 2. The smallest absolute Gasteiger partial charge is 0.262 e. The first-order valence-electron chi connectivity index (χ1n) is 7.72. The number of carbonyl (C=O) groups excluding carboxylic acids is 3. The third-order valence-electron chi connectivity index (χ3n) is 3.81. The molecule has 0 aliphatic heterocycles. The Balaban J connectivity index is 5.42. The molecule has 0 spiro atoms. The van der Waals surface area contributed by atoms with Crippen LogP contribution in [0.3, 0.4) is 0 Å². The molecule has 0 bridgehead atoms. The highest BCUT2D eigenvalue weighted by Gasteiger charge is 2.43. The van der Waals surface area contributed by atoms with Gasteiger partial charge in [0, 0.05) is 24.3 Å². The van der Waals surface area contributed by atoms with E-state index in [-0.39, 0.29) is 17.3 Å². The Morgan fingerprint density at radius 2 is 1.40 bits per heavy atom. The van der Waals surface area contributed by atoms with Crippen molar-refractivity contribution in [2.45, 2.75) is 37.5 Å². The van der Waals surface area contributed by atoms with Crippen LogP contribution in [0.15, 0.2) is 0 Å². The lowest BCUT2D eigenvalue weighted by Gasteiger charge is -2.36. The Morgan fingerprint density at radius 3 is 1.76 bits per heavy atom. The van der Waals surface area contributed by atoms with Crippen molar-refractivity contribution in [1.82, 2.24) is 21.3 Å². The highest BCUT2D eigenvalue weighted by Crippen LogP contribution is 2.12. The molecule has 0 aliphatic carbocycles. The summed E-state index contributed by atoms with van der Waals surface area (Å²) in [5, 5.41) is 10.5. The average Bonchev–Trinajstić information content (AvgIpc) is 2.60. The van der Waals surface area contributed by atoms with E-state index in [1.807, 2.05) is 6.92 Å². The molecule has 1 unspecified atom stereocenters. The summed E-state index contributed by atoms with van der Waals surface area (Å²) in [5.41, 5.74) is 1.95. The fourth-order valence-electron chi connectivity index (χ4n) is 1.91. The molecule has 0 aliphatic rings. The van der Waals surface area contributed by atoms with E-state index in [4.69, 9.17) is 5.73 Å². The molecular formula is C14H29N5O3S3. The number of hydrogen-bond donors (Lipinski definition) is 8. The fraction of sp³-hybridized carbons (Fsp3) is 0.786. The number of rotatable bonds is 10. The quantitative estimate of drug-likeness (QED) is 0.165. The van der Waals surface area contributed by atoms with Gasteiger partial charge in [0.05, 0.1) is 0 Å². The van der Waals surface area contributed by atoms with E-state index < -0.39 is 34.5 Å². The van der Waals surface area contributed by atoms with E-state index in [0.29, 0.717) is 6.54 Å². The van der Waals surface area contributed by atoms with Crippen LogP contribution in [0.5, 0.6) is 0 Å². The number of nitrogens with one attached hydrogen (secondary N) is 4. The highest BCUT2D eigenvalue weighted by atomic mass is 32.1. The maximum absolute atomic E-state index is 12.6. The minimum Gasteiger partial charge on any atom is -0.357 e. The molecule has 0 rings (SSSR count). The lowest BCUT2D eigenvalue weighted by Crippen LogP contribution is -2.73. The Kier molecular flexibility index (Phi) is 9.66. The van der Waals surface area contributed by atoms with E-state index in [9.17, 15) is 14.4 Å². The third kappa shape index (κ3) is 5.95. The highest BCUT2D eigenvalue weighted by molar-refractivity contribution is 7.80. The Bertz CT molecular complexity index is 510. The maximum Gasteiger partial charge on any atom is 0.262 e. The molecule has 8 nitrogen and oxygen atoms in total. The minimum atomic E-state index is -1.81. The van der Waals surface area contributed by atoms with Gasteiger partial charge in [-0.2, -0.15) is 37.9 Å². The molecule has 146 valence electrons. The Morgan fingerprint density at radius 1 is 0.880 bits per heavy atom. The number of thiol groups is 3. The summed E-state index contributed by atoms with van der Waals surface area (Å²) < 4.78 is 0. The predicted octanol–water partition coefficient (Wildman–Crippen LogP) is -1.46. The molecule has 0 saturated carbocycles. The second-order valence-corrected chi connectivity index (χ2v) is 7.08. The van der Waals surface area contributed by atoms with Gasteiger partial charge in [-0.1, -0.05) is 6.92 Å². The number of hydrogen-bond acceptors (Lipinski definition) is 8. The van der Waals surface area contributed by atoms with Crippen molar-refractivity contribution >= 4 is 55.6 Å². The van der Waals surface area contributed by atoms with Crippen LogP contribution in [0.1, 0.15) is 20.8 Å². The molecule has 0 radical (unpaired) electrons. The molecule has 0 aromatic carbocycles. The van der Waals surface area contributed by atoms with Crippen LogP contribution in [-0.2, 0) is 14.4 Å². The zero-order chi connectivity index (χ0) is 19.9.